The van der Waals surface area contributed by atoms with Crippen LogP contribution in [-0.4, -0.2) is 23.1 Å². The van der Waals surface area contributed by atoms with Gasteiger partial charge in [0, 0.05) is 11.7 Å². The van der Waals surface area contributed by atoms with Gasteiger partial charge in [-0.15, -0.1) is 0 Å². The lowest BCUT2D eigenvalue weighted by molar-refractivity contribution is -0.137. The molecule has 0 fully saturated rings. The molecule has 1 unspecified atom stereocenters. The van der Waals surface area contributed by atoms with Gasteiger partial charge in [-0.25, -0.2) is 4.79 Å². The second kappa shape index (κ2) is 7.36. The van der Waals surface area contributed by atoms with E-state index < -0.39 is 18.0 Å². The molecule has 0 radical (unpaired) electrons. The zero-order chi connectivity index (χ0) is 15.3. The molecule has 20 heavy (non-hydrogen) atoms. The van der Waals surface area contributed by atoms with Crippen molar-refractivity contribution in [3.8, 4) is 0 Å². The van der Waals surface area contributed by atoms with E-state index in [9.17, 15) is 9.59 Å². The molecule has 0 aliphatic rings. The number of aliphatic carboxylic acids is 1. The average Bonchev–Trinajstić information content (AvgIpc) is 2.32. The molecule has 1 aromatic carbocycles. The lowest BCUT2D eigenvalue weighted by Crippen LogP contribution is -2.42. The first-order valence-corrected chi connectivity index (χ1v) is 6.79. The van der Waals surface area contributed by atoms with Gasteiger partial charge in [0.2, 0.25) is 0 Å². The van der Waals surface area contributed by atoms with Crippen LogP contribution >= 0.6 is 23.2 Å². The van der Waals surface area contributed by atoms with E-state index in [4.69, 9.17) is 28.3 Å². The Labute approximate surface area is 127 Å². The molecule has 0 aromatic heterocycles. The van der Waals surface area contributed by atoms with Crippen molar-refractivity contribution in [3.05, 3.63) is 28.2 Å². The Bertz CT molecular complexity index is 506. The molecule has 2 amide bonds. The fraction of sp³-hybridized carbons (Fsp3) is 0.385. The number of amides is 2. The summed E-state index contributed by atoms with van der Waals surface area (Å²) >= 11 is 11.6. The van der Waals surface area contributed by atoms with Crippen LogP contribution in [-0.2, 0) is 4.79 Å². The van der Waals surface area contributed by atoms with E-state index in [1.165, 1.54) is 6.07 Å². The van der Waals surface area contributed by atoms with Gasteiger partial charge in [0.05, 0.1) is 16.5 Å². The molecule has 5 nitrogen and oxygen atoms in total. The maximum absolute atomic E-state index is 11.8. The van der Waals surface area contributed by atoms with Crippen molar-refractivity contribution in [2.75, 3.05) is 5.32 Å². The van der Waals surface area contributed by atoms with Crippen LogP contribution in [0.15, 0.2) is 18.2 Å². The van der Waals surface area contributed by atoms with Crippen LogP contribution in [0.3, 0.4) is 0 Å². The predicted molar refractivity (Wildman–Crippen MR) is 79.5 cm³/mol. The van der Waals surface area contributed by atoms with Crippen LogP contribution in [0, 0.1) is 5.92 Å². The predicted octanol–water partition coefficient (Wildman–Crippen LogP) is 3.61. The summed E-state index contributed by atoms with van der Waals surface area (Å²) in [5.74, 6) is -0.954. The Hall–Kier alpha value is -1.46. The van der Waals surface area contributed by atoms with Crippen LogP contribution in [0.25, 0.3) is 0 Å². The van der Waals surface area contributed by atoms with E-state index in [1.807, 2.05) is 13.8 Å². The molecule has 1 rings (SSSR count). The molecule has 0 aliphatic heterocycles. The molecule has 0 saturated carbocycles. The summed E-state index contributed by atoms with van der Waals surface area (Å²) in [7, 11) is 0. The zero-order valence-electron chi connectivity index (χ0n) is 11.1. The fourth-order valence-electron chi connectivity index (χ4n) is 1.55. The Morgan fingerprint density at radius 3 is 2.40 bits per heavy atom. The van der Waals surface area contributed by atoms with Crippen LogP contribution in [0.1, 0.15) is 20.3 Å². The average molecular weight is 319 g/mol. The highest BCUT2D eigenvalue weighted by atomic mass is 35.5. The largest absolute Gasteiger partial charge is 0.481 e. The minimum atomic E-state index is -0.960. The van der Waals surface area contributed by atoms with E-state index in [-0.39, 0.29) is 12.3 Å². The van der Waals surface area contributed by atoms with Gasteiger partial charge in [-0.2, -0.15) is 0 Å². The van der Waals surface area contributed by atoms with Crippen molar-refractivity contribution in [1.82, 2.24) is 5.32 Å². The lowest BCUT2D eigenvalue weighted by atomic mass is 10.0. The number of benzene rings is 1. The second-order valence-corrected chi connectivity index (χ2v) is 5.49. The van der Waals surface area contributed by atoms with Gasteiger partial charge >= 0.3 is 12.0 Å². The van der Waals surface area contributed by atoms with Crippen molar-refractivity contribution in [3.63, 3.8) is 0 Å². The Morgan fingerprint density at radius 1 is 1.25 bits per heavy atom. The van der Waals surface area contributed by atoms with Gasteiger partial charge in [0.1, 0.15) is 0 Å². The third-order valence-corrected chi connectivity index (χ3v) is 3.43. The van der Waals surface area contributed by atoms with Crippen LogP contribution < -0.4 is 10.6 Å². The lowest BCUT2D eigenvalue weighted by Gasteiger charge is -2.20. The third-order valence-electron chi connectivity index (χ3n) is 2.69. The molecule has 0 aliphatic carbocycles. The number of carboxylic acid groups (broad SMARTS) is 1. The SMILES string of the molecule is CC(C)C(CC(=O)O)NC(=O)Nc1ccc(Cl)c(Cl)c1. The number of carbonyl (C=O) groups excluding carboxylic acids is 1. The summed E-state index contributed by atoms with van der Waals surface area (Å²) in [6, 6.07) is 3.76. The van der Waals surface area contributed by atoms with Crippen molar-refractivity contribution in [1.29, 1.82) is 0 Å². The normalized spacial score (nSPS) is 12.1. The standard InChI is InChI=1S/C13H16Cl2N2O3/c1-7(2)11(6-12(18)19)17-13(20)16-8-3-4-9(14)10(15)5-8/h3-5,7,11H,6H2,1-2H3,(H,18,19)(H2,16,17,20). The highest BCUT2D eigenvalue weighted by Crippen LogP contribution is 2.24. The van der Waals surface area contributed by atoms with Crippen LogP contribution in [0.4, 0.5) is 10.5 Å². The first-order valence-electron chi connectivity index (χ1n) is 6.04. The van der Waals surface area contributed by atoms with Gasteiger partial charge in [-0.05, 0) is 24.1 Å². The maximum atomic E-state index is 11.8. The number of halogens is 2. The molecule has 0 heterocycles. The second-order valence-electron chi connectivity index (χ2n) is 4.68. The molecule has 0 bridgehead atoms. The fourth-order valence-corrected chi connectivity index (χ4v) is 1.85. The van der Waals surface area contributed by atoms with Gasteiger partial charge in [-0.3, -0.25) is 4.79 Å². The molecule has 7 heteroatoms. The van der Waals surface area contributed by atoms with E-state index in [2.05, 4.69) is 10.6 Å². The Morgan fingerprint density at radius 2 is 1.90 bits per heavy atom. The molecule has 1 aromatic rings. The van der Waals surface area contributed by atoms with Crippen LogP contribution in [0.5, 0.6) is 0 Å². The van der Waals surface area contributed by atoms with E-state index in [0.29, 0.717) is 15.7 Å². The minimum Gasteiger partial charge on any atom is -0.481 e. The summed E-state index contributed by atoms with van der Waals surface area (Å²) in [6.07, 6.45) is -0.132. The summed E-state index contributed by atoms with van der Waals surface area (Å²) in [5, 5.41) is 14.7. The first-order chi connectivity index (χ1) is 9.29. The quantitative estimate of drug-likeness (QED) is 0.775. The third kappa shape index (κ3) is 5.27. The number of rotatable bonds is 5. The number of anilines is 1. The molecule has 110 valence electrons. The van der Waals surface area contributed by atoms with E-state index in [0.717, 1.165) is 0 Å². The maximum Gasteiger partial charge on any atom is 0.319 e. The topological polar surface area (TPSA) is 78.4 Å². The number of carboxylic acids is 1. The molecule has 0 spiro atoms. The number of hydrogen-bond acceptors (Lipinski definition) is 2. The Balaban J connectivity index is 2.65. The number of nitrogens with one attached hydrogen (secondary N) is 2. The minimum absolute atomic E-state index is 0.00524. The van der Waals surface area contributed by atoms with Crippen molar-refractivity contribution in [2.45, 2.75) is 26.3 Å². The van der Waals surface area contributed by atoms with Crippen molar-refractivity contribution in [2.24, 2.45) is 5.92 Å². The number of hydrogen-bond donors (Lipinski definition) is 3. The highest BCUT2D eigenvalue weighted by molar-refractivity contribution is 6.42. The molecule has 3 N–H and O–H groups in total. The summed E-state index contributed by atoms with van der Waals surface area (Å²) < 4.78 is 0. The summed E-state index contributed by atoms with van der Waals surface area (Å²) in [5.41, 5.74) is 0.481. The van der Waals surface area contributed by atoms with Gasteiger partial charge in [0.25, 0.3) is 0 Å². The molecule has 0 saturated heterocycles. The Kier molecular flexibility index (Phi) is 6.10. The smallest absolute Gasteiger partial charge is 0.319 e. The molecular weight excluding hydrogens is 303 g/mol. The van der Waals surface area contributed by atoms with E-state index in [1.54, 1.807) is 12.1 Å². The molecular formula is C13H16Cl2N2O3. The monoisotopic (exact) mass is 318 g/mol. The van der Waals surface area contributed by atoms with E-state index >= 15 is 0 Å². The van der Waals surface area contributed by atoms with Gasteiger partial charge in [0.15, 0.2) is 0 Å². The van der Waals surface area contributed by atoms with Gasteiger partial charge < -0.3 is 15.7 Å². The van der Waals surface area contributed by atoms with Crippen molar-refractivity contribution >= 4 is 40.9 Å². The summed E-state index contributed by atoms with van der Waals surface area (Å²) in [4.78, 5) is 22.5. The zero-order valence-corrected chi connectivity index (χ0v) is 12.6. The highest BCUT2D eigenvalue weighted by Gasteiger charge is 2.19. The van der Waals surface area contributed by atoms with Crippen molar-refractivity contribution < 1.29 is 14.7 Å². The first kappa shape index (κ1) is 16.6. The molecule has 1 atom stereocenters. The van der Waals surface area contributed by atoms with Gasteiger partial charge in [-0.1, -0.05) is 37.0 Å². The number of carbonyl (C=O) groups is 2. The number of urea groups is 1. The summed E-state index contributed by atoms with van der Waals surface area (Å²) in [6.45, 7) is 3.68. The van der Waals surface area contributed by atoms with Crippen LogP contribution in [0.2, 0.25) is 10.0 Å².